The van der Waals surface area contributed by atoms with Crippen LogP contribution in [0.4, 0.5) is 10.5 Å². The van der Waals surface area contributed by atoms with Crippen LogP contribution >= 0.6 is 0 Å². The van der Waals surface area contributed by atoms with Gasteiger partial charge < -0.3 is 40.7 Å². The molecule has 1 aliphatic rings. The van der Waals surface area contributed by atoms with Crippen molar-refractivity contribution in [1.29, 1.82) is 0 Å². The molecule has 0 saturated heterocycles. The molecule has 306 valence electrons. The third kappa shape index (κ3) is 17.0. The van der Waals surface area contributed by atoms with Crippen LogP contribution in [0, 0.1) is 5.92 Å². The van der Waals surface area contributed by atoms with Gasteiger partial charge in [-0.2, -0.15) is 0 Å². The third-order valence-electron chi connectivity index (χ3n) is 9.09. The molecule has 0 aromatic heterocycles. The molecule has 11 heteroatoms. The zero-order valence-corrected chi connectivity index (χ0v) is 34.6. The van der Waals surface area contributed by atoms with Gasteiger partial charge in [0.25, 0.3) is 5.95 Å². The lowest BCUT2D eigenvalue weighted by molar-refractivity contribution is -0.738. The van der Waals surface area contributed by atoms with Gasteiger partial charge in [-0.05, 0) is 103 Å². The molecule has 5 N–H and O–H groups in total. The molecule has 2 amide bonds. The molecule has 0 fully saturated rings. The van der Waals surface area contributed by atoms with Gasteiger partial charge in [0.05, 0.1) is 0 Å². The quantitative estimate of drug-likeness (QED) is 0.0121. The van der Waals surface area contributed by atoms with Crippen LogP contribution < -0.4 is 21.7 Å². The molecule has 3 atom stereocenters. The molecule has 57 heavy (non-hydrogen) atoms. The first-order valence-corrected chi connectivity index (χ1v) is 19.1. The number of rotatable bonds is 24. The maximum atomic E-state index is 11.4. The van der Waals surface area contributed by atoms with Crippen LogP contribution in [-0.2, 0) is 30.4 Å². The van der Waals surface area contributed by atoms with Crippen LogP contribution in [0.2, 0.25) is 0 Å². The number of hydroxylamine groups is 1. The fourth-order valence-corrected chi connectivity index (χ4v) is 5.79. The first-order chi connectivity index (χ1) is 27.3. The van der Waals surface area contributed by atoms with E-state index in [1.54, 1.807) is 19.4 Å². The van der Waals surface area contributed by atoms with Gasteiger partial charge in [-0.25, -0.2) is 4.79 Å². The first kappa shape index (κ1) is 47.0. The monoisotopic (exact) mass is 780 g/mol. The predicted octanol–water partition coefficient (Wildman–Crippen LogP) is 9.13. The zero-order chi connectivity index (χ0) is 42.2. The number of fused-ring (bicyclic) bond motifs is 1. The summed E-state index contributed by atoms with van der Waals surface area (Å²) in [6, 6.07) is 15.6. The Labute approximate surface area is 339 Å². The highest BCUT2D eigenvalue weighted by Crippen LogP contribution is 2.42. The summed E-state index contributed by atoms with van der Waals surface area (Å²) < 4.78 is 18.5. The number of nitrogens with two attached hydrogens (primary N) is 1. The van der Waals surface area contributed by atoms with E-state index in [2.05, 4.69) is 98.4 Å². The summed E-state index contributed by atoms with van der Waals surface area (Å²) in [5.74, 6) is 1.31. The molecule has 2 aromatic rings. The van der Waals surface area contributed by atoms with Crippen LogP contribution in [0.15, 0.2) is 133 Å². The van der Waals surface area contributed by atoms with Gasteiger partial charge in [0, 0.05) is 49.3 Å². The van der Waals surface area contributed by atoms with Crippen molar-refractivity contribution in [3.8, 4) is 0 Å². The molecule has 2 aromatic carbocycles. The number of carbonyl (C=O) groups excluding carboxylic acids is 2. The largest absolute Gasteiger partial charge is 0.479 e. The number of primary amides is 1. The van der Waals surface area contributed by atoms with Crippen LogP contribution in [-0.4, -0.2) is 50.1 Å². The number of amides is 2. The number of allylic oxidation sites excluding steroid dienone is 7. The van der Waals surface area contributed by atoms with E-state index in [0.29, 0.717) is 31.4 Å². The minimum atomic E-state index is -0.520. The molecule has 0 bridgehead atoms. The van der Waals surface area contributed by atoms with Crippen molar-refractivity contribution >= 4 is 30.3 Å². The van der Waals surface area contributed by atoms with E-state index in [1.807, 2.05) is 51.1 Å². The number of benzene rings is 2. The summed E-state index contributed by atoms with van der Waals surface area (Å²) in [6.07, 6.45) is 14.0. The van der Waals surface area contributed by atoms with Gasteiger partial charge in [-0.15, -0.1) is 5.73 Å². The highest BCUT2D eigenvalue weighted by Gasteiger charge is 2.28. The van der Waals surface area contributed by atoms with Crippen LogP contribution in [0.25, 0.3) is 5.57 Å². The lowest BCUT2D eigenvalue weighted by Crippen LogP contribution is -2.36. The van der Waals surface area contributed by atoms with Crippen molar-refractivity contribution < 1.29 is 33.4 Å². The molecular weight excluding hydrogens is 719 g/mol. The Morgan fingerprint density at radius 3 is 2.44 bits per heavy atom. The van der Waals surface area contributed by atoms with Crippen molar-refractivity contribution in [1.82, 2.24) is 10.6 Å². The Balaban J connectivity index is 0.000000406. The summed E-state index contributed by atoms with van der Waals surface area (Å²) in [4.78, 5) is 27.1. The third-order valence-corrected chi connectivity index (χ3v) is 9.09. The molecule has 0 radical (unpaired) electrons. The van der Waals surface area contributed by atoms with Crippen molar-refractivity contribution in [2.45, 2.75) is 78.9 Å². The summed E-state index contributed by atoms with van der Waals surface area (Å²) in [5, 5.41) is 8.91. The zero-order valence-electron chi connectivity index (χ0n) is 34.6. The molecule has 0 spiro atoms. The van der Waals surface area contributed by atoms with E-state index in [9.17, 15) is 9.59 Å². The Bertz CT molecular complexity index is 1830. The van der Waals surface area contributed by atoms with Gasteiger partial charge in [-0.3, -0.25) is 4.84 Å². The standard InChI is InChI=1S/C26H37N3O3.C20H25N2O3/c1-5-6-11-22-19(3)21-12-7-8-13-23(21)24(22)17-32-20(4)29-25(18(2)16-30)14-9-10-15-28-26(27)31;1-7-14-21-20-12-10-19(11-13-20)15-24-18(4)25-17(3)9-8-16(2)22(5)23-6/h6-8,11-13,16,18,24-25,29H,4-5,9-10,14-15,17H2,1-3H3,(H3,27,28,31);8-14,21H,1,4-5,15H2,2-3,6H3/q;+1/b11-6-;16-8+,17-9+. The number of hydrogen-bond acceptors (Lipinski definition) is 8. The van der Waals surface area contributed by atoms with E-state index in [-0.39, 0.29) is 23.8 Å². The number of nitrogens with one attached hydrogen (secondary N) is 3. The highest BCUT2D eigenvalue weighted by molar-refractivity contribution is 5.79. The first-order valence-electron chi connectivity index (χ1n) is 19.1. The second-order valence-corrected chi connectivity index (χ2v) is 13.4. The molecule has 11 nitrogen and oxygen atoms in total. The second-order valence-electron chi connectivity index (χ2n) is 13.4. The molecule has 0 aliphatic heterocycles. The minimum Gasteiger partial charge on any atom is -0.479 e. The van der Waals surface area contributed by atoms with Crippen LogP contribution in [0.3, 0.4) is 0 Å². The number of urea groups is 1. The van der Waals surface area contributed by atoms with E-state index in [4.69, 9.17) is 24.8 Å². The molecule has 0 heterocycles. The number of anilines is 1. The number of carbonyl (C=O) groups is 2. The minimum absolute atomic E-state index is 0.0822. The SMILES string of the molecule is C=C(NC(CCCCNC(N)=O)C(C)C=O)OCC1C(/C=C\CC)=C(C)c2ccccc21.C=C=CNc1ccc(COC(=C)O/C(C)=C/C=C(\C)[N+](=C)OC)cc1. The number of hydrogen-bond donors (Lipinski definition) is 4. The van der Waals surface area contributed by atoms with Crippen molar-refractivity contribution in [3.05, 3.63) is 150 Å². The summed E-state index contributed by atoms with van der Waals surface area (Å²) in [7, 11) is 1.55. The maximum absolute atomic E-state index is 11.4. The van der Waals surface area contributed by atoms with E-state index < -0.39 is 6.03 Å². The number of nitrogens with zero attached hydrogens (tertiary/aromatic N) is 1. The second kappa shape index (κ2) is 25.8. The van der Waals surface area contributed by atoms with E-state index >= 15 is 0 Å². The van der Waals surface area contributed by atoms with Gasteiger partial charge >= 0.3 is 6.03 Å². The topological polar surface area (TPSA) is 136 Å². The molecular formula is C46H62N5O6+. The maximum Gasteiger partial charge on any atom is 0.312 e. The predicted molar refractivity (Wildman–Crippen MR) is 231 cm³/mol. The Hall–Kier alpha value is -6.19. The molecule has 1 aliphatic carbocycles. The van der Waals surface area contributed by atoms with E-state index in [0.717, 1.165) is 48.9 Å². The average Bonchev–Trinajstić information content (AvgIpc) is 3.48. The number of aldehydes is 1. The summed E-state index contributed by atoms with van der Waals surface area (Å²) in [5.41, 5.74) is 15.6. The van der Waals surface area contributed by atoms with Crippen molar-refractivity contribution in [2.24, 2.45) is 11.7 Å². The number of ether oxygens (including phenoxy) is 3. The Morgan fingerprint density at radius 1 is 1.07 bits per heavy atom. The van der Waals surface area contributed by atoms with Gasteiger partial charge in [0.15, 0.2) is 12.6 Å². The smallest absolute Gasteiger partial charge is 0.312 e. The average molecular weight is 781 g/mol. The fourth-order valence-electron chi connectivity index (χ4n) is 5.79. The van der Waals surface area contributed by atoms with Crippen molar-refractivity contribution in [2.75, 3.05) is 25.6 Å². The lowest BCUT2D eigenvalue weighted by Gasteiger charge is -2.25. The van der Waals surface area contributed by atoms with Gasteiger partial charge in [0.2, 0.25) is 5.70 Å². The number of unbranched alkanes of at least 4 members (excludes halogenated alkanes) is 1. The Morgan fingerprint density at radius 2 is 1.79 bits per heavy atom. The normalized spacial score (nSPS) is 14.5. The summed E-state index contributed by atoms with van der Waals surface area (Å²) >= 11 is 0. The van der Waals surface area contributed by atoms with Gasteiger partial charge in [-0.1, -0.05) is 69.0 Å². The summed E-state index contributed by atoms with van der Waals surface area (Å²) in [6.45, 7) is 26.2. The van der Waals surface area contributed by atoms with Crippen LogP contribution in [0.1, 0.15) is 82.9 Å². The van der Waals surface area contributed by atoms with Crippen molar-refractivity contribution in [3.63, 3.8) is 0 Å². The molecule has 3 rings (SSSR count). The lowest BCUT2D eigenvalue weighted by atomic mass is 9.96. The van der Waals surface area contributed by atoms with E-state index in [1.165, 1.54) is 27.0 Å². The Kier molecular flexibility index (Phi) is 21.3. The van der Waals surface area contributed by atoms with Crippen LogP contribution in [0.5, 0.6) is 0 Å². The van der Waals surface area contributed by atoms with Gasteiger partial charge in [0.1, 0.15) is 32.4 Å². The molecule has 0 saturated carbocycles. The molecule has 3 unspecified atom stereocenters. The highest BCUT2D eigenvalue weighted by atomic mass is 16.7. The fraction of sp³-hybridized carbons (Fsp3) is 0.348.